The molecule has 2 aromatic rings. The molecule has 1 fully saturated rings. The van der Waals surface area contributed by atoms with Gasteiger partial charge in [0.05, 0.1) is 6.61 Å². The average molecular weight is 540 g/mol. The fourth-order valence-corrected chi connectivity index (χ4v) is 5.22. The van der Waals surface area contributed by atoms with Gasteiger partial charge >= 0.3 is 6.09 Å². The zero-order valence-electron chi connectivity index (χ0n) is 23.8. The third-order valence-corrected chi connectivity index (χ3v) is 8.12. The molecule has 2 atom stereocenters. The van der Waals surface area contributed by atoms with Gasteiger partial charge in [-0.15, -0.1) is 11.8 Å². The Morgan fingerprint density at radius 1 is 1.03 bits per heavy atom. The van der Waals surface area contributed by atoms with Crippen LogP contribution in [-0.4, -0.2) is 54.1 Å². The normalized spacial score (nSPS) is 17.4. The first-order valence-electron chi connectivity index (χ1n) is 13.4. The Hall–Kier alpha value is -2.80. The van der Waals surface area contributed by atoms with Gasteiger partial charge in [-0.1, -0.05) is 44.0 Å². The Labute approximate surface area is 231 Å². The lowest BCUT2D eigenvalue weighted by Gasteiger charge is -2.27. The number of Topliss-reactive ketones (excluding diaryl/α,β-unsaturated/α-hetero) is 2. The molecule has 3 rings (SSSR count). The lowest BCUT2D eigenvalue weighted by atomic mass is 9.82. The molecule has 0 radical (unpaired) electrons. The molecule has 38 heavy (non-hydrogen) atoms. The smallest absolute Gasteiger partial charge is 0.409 e. The zero-order chi connectivity index (χ0) is 28.0. The molecule has 0 aromatic heterocycles. The Morgan fingerprint density at radius 2 is 1.66 bits per heavy atom. The van der Waals surface area contributed by atoms with E-state index in [0.29, 0.717) is 31.0 Å². The number of benzene rings is 2. The van der Waals surface area contributed by atoms with Gasteiger partial charge in [0.15, 0.2) is 17.2 Å². The molecule has 0 bridgehead atoms. The van der Waals surface area contributed by atoms with Crippen LogP contribution in [0.2, 0.25) is 0 Å². The minimum Gasteiger partial charge on any atom is -0.480 e. The minimum absolute atomic E-state index is 0.0253. The van der Waals surface area contributed by atoms with Gasteiger partial charge in [-0.05, 0) is 76.1 Å². The minimum atomic E-state index is -0.940. The van der Waals surface area contributed by atoms with Crippen molar-refractivity contribution in [2.75, 3.05) is 26.0 Å². The van der Waals surface area contributed by atoms with E-state index in [2.05, 4.69) is 6.92 Å². The van der Waals surface area contributed by atoms with Gasteiger partial charge in [-0.2, -0.15) is 0 Å². The second-order valence-electron chi connectivity index (χ2n) is 10.7. The summed E-state index contributed by atoms with van der Waals surface area (Å²) in [6, 6.07) is 11.7. The summed E-state index contributed by atoms with van der Waals surface area (Å²) in [4.78, 5) is 41.5. The highest BCUT2D eigenvalue weighted by molar-refractivity contribution is 7.98. The number of thioether (sulfide) groups is 1. The van der Waals surface area contributed by atoms with E-state index in [4.69, 9.17) is 9.47 Å². The molecular weight excluding hydrogens is 498 g/mol. The SMILES string of the molecule is CCCCCOC(=O)N1C[C@@H](C(=O)c2ccc(SC)cc2)[C@H](c2cc(C)c(OC(C)(C)C(C)=O)c(C)c2)C1. The first-order valence-corrected chi connectivity index (χ1v) is 14.6. The monoisotopic (exact) mass is 539 g/mol. The van der Waals surface area contributed by atoms with Crippen LogP contribution in [0.25, 0.3) is 0 Å². The molecule has 0 aliphatic carbocycles. The number of carbonyl (C=O) groups is 3. The first kappa shape index (κ1) is 29.8. The van der Waals surface area contributed by atoms with Crippen molar-refractivity contribution >= 4 is 29.4 Å². The number of rotatable bonds is 11. The molecule has 7 heteroatoms. The molecule has 1 saturated heterocycles. The summed E-state index contributed by atoms with van der Waals surface area (Å²) < 4.78 is 11.7. The Bertz CT molecular complexity index is 1130. The summed E-state index contributed by atoms with van der Waals surface area (Å²) in [6.07, 6.45) is 4.53. The topological polar surface area (TPSA) is 72.9 Å². The van der Waals surface area contributed by atoms with E-state index in [-0.39, 0.29) is 23.6 Å². The van der Waals surface area contributed by atoms with Crippen molar-refractivity contribution in [1.82, 2.24) is 4.90 Å². The zero-order valence-corrected chi connectivity index (χ0v) is 24.6. The molecule has 0 saturated carbocycles. The van der Waals surface area contributed by atoms with E-state index in [1.165, 1.54) is 6.92 Å². The quantitative estimate of drug-likeness (QED) is 0.174. The van der Waals surface area contributed by atoms with E-state index in [9.17, 15) is 14.4 Å². The number of likely N-dealkylation sites (tertiary alicyclic amines) is 1. The van der Waals surface area contributed by atoms with Crippen molar-refractivity contribution < 1.29 is 23.9 Å². The molecular formula is C31H41NO5S. The van der Waals surface area contributed by atoms with Crippen LogP contribution in [0.3, 0.4) is 0 Å². The highest BCUT2D eigenvalue weighted by Crippen LogP contribution is 2.39. The average Bonchev–Trinajstić information content (AvgIpc) is 3.34. The van der Waals surface area contributed by atoms with Crippen molar-refractivity contribution in [2.45, 2.75) is 77.2 Å². The van der Waals surface area contributed by atoms with Crippen LogP contribution >= 0.6 is 11.8 Å². The van der Waals surface area contributed by atoms with Crippen molar-refractivity contribution in [3.63, 3.8) is 0 Å². The molecule has 0 unspecified atom stereocenters. The lowest BCUT2D eigenvalue weighted by molar-refractivity contribution is -0.129. The van der Waals surface area contributed by atoms with Gasteiger partial charge in [0.25, 0.3) is 0 Å². The predicted octanol–water partition coefficient (Wildman–Crippen LogP) is 7.00. The number of hydrogen-bond donors (Lipinski definition) is 0. The van der Waals surface area contributed by atoms with E-state index < -0.39 is 11.5 Å². The summed E-state index contributed by atoms with van der Waals surface area (Å²) in [6.45, 7) is 12.2. The first-order chi connectivity index (χ1) is 18.0. The summed E-state index contributed by atoms with van der Waals surface area (Å²) in [7, 11) is 0. The Kier molecular flexibility index (Phi) is 10.0. The van der Waals surface area contributed by atoms with Crippen molar-refractivity contribution in [3.05, 3.63) is 58.7 Å². The lowest BCUT2D eigenvalue weighted by Crippen LogP contribution is -2.36. The number of hydrogen-bond acceptors (Lipinski definition) is 6. The second-order valence-corrected chi connectivity index (χ2v) is 11.6. The third kappa shape index (κ3) is 6.99. The fourth-order valence-electron chi connectivity index (χ4n) is 4.81. The fraction of sp³-hybridized carbons (Fsp3) is 0.516. The van der Waals surface area contributed by atoms with E-state index in [1.54, 1.807) is 30.5 Å². The number of carbonyl (C=O) groups excluding carboxylic acids is 3. The van der Waals surface area contributed by atoms with Crippen LogP contribution in [0.1, 0.15) is 79.9 Å². The summed E-state index contributed by atoms with van der Waals surface area (Å²) in [5, 5.41) is 0. The van der Waals surface area contributed by atoms with Crippen LogP contribution in [0, 0.1) is 19.8 Å². The van der Waals surface area contributed by atoms with Gasteiger partial charge in [0.1, 0.15) is 5.75 Å². The molecule has 1 heterocycles. The predicted molar refractivity (Wildman–Crippen MR) is 153 cm³/mol. The van der Waals surface area contributed by atoms with Gasteiger partial charge in [0, 0.05) is 35.4 Å². The summed E-state index contributed by atoms with van der Waals surface area (Å²) >= 11 is 1.63. The molecule has 2 aromatic carbocycles. The maximum absolute atomic E-state index is 13.7. The van der Waals surface area contributed by atoms with E-state index >= 15 is 0 Å². The van der Waals surface area contributed by atoms with Gasteiger partial charge in [-0.25, -0.2) is 4.79 Å². The number of ketones is 2. The van der Waals surface area contributed by atoms with Crippen LogP contribution < -0.4 is 4.74 Å². The van der Waals surface area contributed by atoms with Crippen LogP contribution in [-0.2, 0) is 9.53 Å². The second kappa shape index (κ2) is 12.8. The molecule has 1 aliphatic heterocycles. The number of amides is 1. The van der Waals surface area contributed by atoms with Gasteiger partial charge < -0.3 is 14.4 Å². The standard InChI is InChI=1S/C31H41NO5S/c1-8-9-10-15-36-30(35)32-18-26(27(19-32)28(34)23-11-13-25(38-7)14-12-23)24-16-20(2)29(21(3)17-24)37-31(5,6)22(4)33/h11-14,16-17,26-27H,8-10,15,18-19H2,1-7H3/t26-,27+/m0/s1. The maximum atomic E-state index is 13.7. The molecule has 1 aliphatic rings. The largest absolute Gasteiger partial charge is 0.480 e. The highest BCUT2D eigenvalue weighted by Gasteiger charge is 2.41. The molecule has 0 spiro atoms. The van der Waals surface area contributed by atoms with E-state index in [0.717, 1.165) is 40.8 Å². The third-order valence-electron chi connectivity index (χ3n) is 7.38. The molecule has 1 amide bonds. The summed E-state index contributed by atoms with van der Waals surface area (Å²) in [5.41, 5.74) is 2.47. The van der Waals surface area contributed by atoms with Crippen molar-refractivity contribution in [2.24, 2.45) is 5.92 Å². The number of ether oxygens (including phenoxy) is 2. The Morgan fingerprint density at radius 3 is 2.21 bits per heavy atom. The maximum Gasteiger partial charge on any atom is 0.409 e. The molecule has 0 N–H and O–H groups in total. The van der Waals surface area contributed by atoms with Crippen molar-refractivity contribution in [1.29, 1.82) is 0 Å². The number of unbranched alkanes of at least 4 members (excludes halogenated alkanes) is 2. The van der Waals surface area contributed by atoms with Gasteiger partial charge in [0.2, 0.25) is 0 Å². The van der Waals surface area contributed by atoms with Crippen molar-refractivity contribution in [3.8, 4) is 5.75 Å². The number of aryl methyl sites for hydroxylation is 2. The van der Waals surface area contributed by atoms with Gasteiger partial charge in [-0.3, -0.25) is 9.59 Å². The number of nitrogens with zero attached hydrogens (tertiary/aromatic N) is 1. The Balaban J connectivity index is 1.92. The van der Waals surface area contributed by atoms with Crippen LogP contribution in [0.15, 0.2) is 41.3 Å². The highest BCUT2D eigenvalue weighted by atomic mass is 32.2. The summed E-state index contributed by atoms with van der Waals surface area (Å²) in [5.74, 6) is 0.0742. The molecule has 6 nitrogen and oxygen atoms in total. The van der Waals surface area contributed by atoms with Crippen LogP contribution in [0.4, 0.5) is 4.79 Å². The molecule has 206 valence electrons. The van der Waals surface area contributed by atoms with Crippen LogP contribution in [0.5, 0.6) is 5.75 Å². The van der Waals surface area contributed by atoms with E-state index in [1.807, 2.05) is 56.5 Å².